The standard InChI is InChI=1S/C13H16N4O3S/c1-9(2)20-13-11(4-3-7-15-13)17-21(18,19)10-5-6-12(14)16-8-10/h3-9,17H,1-2H3,(H2,14,16). The summed E-state index contributed by atoms with van der Waals surface area (Å²) in [5.74, 6) is 0.471. The van der Waals surface area contributed by atoms with Gasteiger partial charge in [0, 0.05) is 12.4 Å². The SMILES string of the molecule is CC(C)Oc1ncccc1NS(=O)(=O)c1ccc(N)nc1. The second-order valence-electron chi connectivity index (χ2n) is 4.55. The van der Waals surface area contributed by atoms with Gasteiger partial charge in [-0.15, -0.1) is 0 Å². The van der Waals surface area contributed by atoms with E-state index in [2.05, 4.69) is 14.7 Å². The first-order valence-corrected chi connectivity index (χ1v) is 7.73. The van der Waals surface area contributed by atoms with Crippen LogP contribution in [0.1, 0.15) is 13.8 Å². The molecule has 0 unspecified atom stereocenters. The third kappa shape index (κ3) is 3.82. The first-order chi connectivity index (χ1) is 9.88. The Kier molecular flexibility index (Phi) is 4.27. The summed E-state index contributed by atoms with van der Waals surface area (Å²) in [4.78, 5) is 7.81. The summed E-state index contributed by atoms with van der Waals surface area (Å²) in [6.07, 6.45) is 2.60. The van der Waals surface area contributed by atoms with Gasteiger partial charge in [-0.3, -0.25) is 4.72 Å². The molecule has 0 radical (unpaired) electrons. The van der Waals surface area contributed by atoms with Crippen molar-refractivity contribution in [1.82, 2.24) is 9.97 Å². The fourth-order valence-electron chi connectivity index (χ4n) is 1.54. The van der Waals surface area contributed by atoms with Gasteiger partial charge in [-0.2, -0.15) is 0 Å². The minimum Gasteiger partial charge on any atom is -0.473 e. The number of hydrogen-bond acceptors (Lipinski definition) is 6. The summed E-state index contributed by atoms with van der Waals surface area (Å²) in [5, 5.41) is 0. The van der Waals surface area contributed by atoms with Gasteiger partial charge in [0.25, 0.3) is 10.0 Å². The van der Waals surface area contributed by atoms with Crippen LogP contribution in [0.4, 0.5) is 11.5 Å². The van der Waals surface area contributed by atoms with Crippen LogP contribution in [0.2, 0.25) is 0 Å². The fourth-order valence-corrected chi connectivity index (χ4v) is 2.54. The van der Waals surface area contributed by atoms with Crippen LogP contribution in [0.5, 0.6) is 5.88 Å². The average Bonchev–Trinajstić information content (AvgIpc) is 2.40. The monoisotopic (exact) mass is 308 g/mol. The van der Waals surface area contributed by atoms with Crippen molar-refractivity contribution in [3.05, 3.63) is 36.7 Å². The molecule has 7 nitrogen and oxygen atoms in total. The number of sulfonamides is 1. The molecule has 0 aliphatic heterocycles. The molecule has 21 heavy (non-hydrogen) atoms. The highest BCUT2D eigenvalue weighted by molar-refractivity contribution is 7.92. The number of ether oxygens (including phenoxy) is 1. The topological polar surface area (TPSA) is 107 Å². The Morgan fingerprint density at radius 2 is 2.00 bits per heavy atom. The van der Waals surface area contributed by atoms with Crippen LogP contribution in [-0.4, -0.2) is 24.5 Å². The number of nitrogens with two attached hydrogens (primary N) is 1. The molecular weight excluding hydrogens is 292 g/mol. The van der Waals surface area contributed by atoms with Gasteiger partial charge in [-0.1, -0.05) is 0 Å². The van der Waals surface area contributed by atoms with Crippen LogP contribution in [0.3, 0.4) is 0 Å². The van der Waals surface area contributed by atoms with E-state index in [1.54, 1.807) is 12.1 Å². The van der Waals surface area contributed by atoms with E-state index in [0.717, 1.165) is 0 Å². The van der Waals surface area contributed by atoms with E-state index in [1.165, 1.54) is 24.5 Å². The third-order valence-corrected chi connectivity index (χ3v) is 3.78. The zero-order valence-corrected chi connectivity index (χ0v) is 12.5. The Hall–Kier alpha value is -2.35. The van der Waals surface area contributed by atoms with Crippen LogP contribution in [0.15, 0.2) is 41.6 Å². The van der Waals surface area contributed by atoms with E-state index in [9.17, 15) is 8.42 Å². The third-order valence-electron chi connectivity index (χ3n) is 2.43. The van der Waals surface area contributed by atoms with Gasteiger partial charge in [-0.25, -0.2) is 18.4 Å². The summed E-state index contributed by atoms with van der Waals surface area (Å²) in [7, 11) is -3.78. The highest BCUT2D eigenvalue weighted by atomic mass is 32.2. The lowest BCUT2D eigenvalue weighted by Gasteiger charge is -2.14. The predicted molar refractivity (Wildman–Crippen MR) is 79.5 cm³/mol. The summed E-state index contributed by atoms with van der Waals surface area (Å²) in [6, 6.07) is 5.99. The number of aromatic nitrogens is 2. The minimum atomic E-state index is -3.78. The maximum Gasteiger partial charge on any atom is 0.263 e. The van der Waals surface area contributed by atoms with Crippen molar-refractivity contribution in [2.45, 2.75) is 24.8 Å². The number of nitrogens with zero attached hydrogens (tertiary/aromatic N) is 2. The number of pyridine rings is 2. The Balaban J connectivity index is 2.30. The molecule has 8 heteroatoms. The first-order valence-electron chi connectivity index (χ1n) is 6.24. The zero-order valence-electron chi connectivity index (χ0n) is 11.6. The Morgan fingerprint density at radius 3 is 2.62 bits per heavy atom. The molecule has 2 aromatic rings. The molecule has 0 bridgehead atoms. The molecule has 2 heterocycles. The van der Waals surface area contributed by atoms with Gasteiger partial charge in [0.05, 0.1) is 6.10 Å². The summed E-state index contributed by atoms with van der Waals surface area (Å²) in [6.45, 7) is 3.66. The number of hydrogen-bond donors (Lipinski definition) is 2. The maximum atomic E-state index is 12.3. The van der Waals surface area contributed by atoms with E-state index < -0.39 is 10.0 Å². The zero-order chi connectivity index (χ0) is 15.5. The lowest BCUT2D eigenvalue weighted by Crippen LogP contribution is -2.16. The van der Waals surface area contributed by atoms with Crippen LogP contribution in [0, 0.1) is 0 Å². The van der Waals surface area contributed by atoms with Gasteiger partial charge in [-0.05, 0) is 38.1 Å². The molecule has 0 saturated carbocycles. The highest BCUT2D eigenvalue weighted by Gasteiger charge is 2.18. The summed E-state index contributed by atoms with van der Waals surface area (Å²) >= 11 is 0. The van der Waals surface area contributed by atoms with Crippen LogP contribution < -0.4 is 15.2 Å². The molecule has 0 amide bonds. The minimum absolute atomic E-state index is 0.0102. The number of nitrogens with one attached hydrogen (secondary N) is 1. The summed E-state index contributed by atoms with van der Waals surface area (Å²) in [5.41, 5.74) is 5.71. The molecule has 0 aliphatic rings. The number of rotatable bonds is 5. The van der Waals surface area contributed by atoms with E-state index in [0.29, 0.717) is 0 Å². The second-order valence-corrected chi connectivity index (χ2v) is 6.23. The molecule has 0 spiro atoms. The van der Waals surface area contributed by atoms with Crippen molar-refractivity contribution < 1.29 is 13.2 Å². The van der Waals surface area contributed by atoms with E-state index >= 15 is 0 Å². The average molecular weight is 308 g/mol. The van der Waals surface area contributed by atoms with Gasteiger partial charge in [0.1, 0.15) is 16.4 Å². The van der Waals surface area contributed by atoms with Crippen molar-refractivity contribution in [2.75, 3.05) is 10.5 Å². The maximum absolute atomic E-state index is 12.3. The molecule has 2 rings (SSSR count). The van der Waals surface area contributed by atoms with Gasteiger partial charge in [0.15, 0.2) is 0 Å². The van der Waals surface area contributed by atoms with E-state index in [1.807, 2.05) is 13.8 Å². The van der Waals surface area contributed by atoms with Crippen molar-refractivity contribution in [2.24, 2.45) is 0 Å². The van der Waals surface area contributed by atoms with Crippen LogP contribution in [0.25, 0.3) is 0 Å². The lowest BCUT2D eigenvalue weighted by molar-refractivity contribution is 0.234. The molecular formula is C13H16N4O3S. The van der Waals surface area contributed by atoms with E-state index in [-0.39, 0.29) is 28.4 Å². The molecule has 0 atom stereocenters. The van der Waals surface area contributed by atoms with Crippen molar-refractivity contribution in [1.29, 1.82) is 0 Å². The normalized spacial score (nSPS) is 11.4. The number of nitrogen functional groups attached to an aromatic ring is 1. The van der Waals surface area contributed by atoms with Crippen molar-refractivity contribution in [3.8, 4) is 5.88 Å². The molecule has 0 aromatic carbocycles. The molecule has 2 aromatic heterocycles. The molecule has 112 valence electrons. The van der Waals surface area contributed by atoms with Gasteiger partial charge >= 0.3 is 0 Å². The molecule has 3 N–H and O–H groups in total. The largest absolute Gasteiger partial charge is 0.473 e. The van der Waals surface area contributed by atoms with Gasteiger partial charge < -0.3 is 10.5 Å². The van der Waals surface area contributed by atoms with Gasteiger partial charge in [0.2, 0.25) is 5.88 Å². The Morgan fingerprint density at radius 1 is 1.24 bits per heavy atom. The first kappa shape index (κ1) is 15.0. The fraction of sp³-hybridized carbons (Fsp3) is 0.231. The molecule has 0 saturated heterocycles. The highest BCUT2D eigenvalue weighted by Crippen LogP contribution is 2.24. The van der Waals surface area contributed by atoms with Crippen LogP contribution >= 0.6 is 0 Å². The summed E-state index contributed by atoms with van der Waals surface area (Å²) < 4.78 is 32.5. The van der Waals surface area contributed by atoms with Crippen LogP contribution in [-0.2, 0) is 10.0 Å². The Bertz CT molecular complexity index is 714. The lowest BCUT2D eigenvalue weighted by atomic mass is 10.4. The Labute approximate surface area is 123 Å². The van der Waals surface area contributed by atoms with Crippen molar-refractivity contribution >= 4 is 21.5 Å². The quantitative estimate of drug-likeness (QED) is 0.869. The number of anilines is 2. The predicted octanol–water partition coefficient (Wildman–Crippen LogP) is 1.65. The van der Waals surface area contributed by atoms with E-state index in [4.69, 9.17) is 10.5 Å². The van der Waals surface area contributed by atoms with Crippen molar-refractivity contribution in [3.63, 3.8) is 0 Å². The molecule has 0 fully saturated rings. The smallest absolute Gasteiger partial charge is 0.263 e. The molecule has 0 aliphatic carbocycles. The second kappa shape index (κ2) is 5.96.